The number of nitrogens with zero attached hydrogens (tertiary/aromatic N) is 1. The maximum Gasteiger partial charge on any atom is 0.426 e. The van der Waals surface area contributed by atoms with Gasteiger partial charge in [-0.15, -0.1) is 0 Å². The summed E-state index contributed by atoms with van der Waals surface area (Å²) in [6, 6.07) is 6.26. The summed E-state index contributed by atoms with van der Waals surface area (Å²) in [5, 5.41) is 1.79. The number of hydrogen-bond donors (Lipinski definition) is 1. The van der Waals surface area contributed by atoms with Crippen LogP contribution in [-0.4, -0.2) is 49.5 Å². The highest BCUT2D eigenvalue weighted by atomic mass is 35.5. The van der Waals surface area contributed by atoms with Crippen LogP contribution in [0.4, 0.5) is 36.8 Å². The third-order valence-corrected chi connectivity index (χ3v) is 4.98. The lowest BCUT2D eigenvalue weighted by atomic mass is 10.1. The first-order chi connectivity index (χ1) is 15.0. The number of halogens is 7. The summed E-state index contributed by atoms with van der Waals surface area (Å²) < 4.78 is 90.5. The Morgan fingerprint density at radius 2 is 1.91 bits per heavy atom. The normalized spacial score (nSPS) is 18.3. The summed E-state index contributed by atoms with van der Waals surface area (Å²) in [6.45, 7) is -0.648. The molecule has 2 aromatic rings. The minimum atomic E-state index is -4.89. The number of nitrogens with one attached hydrogen (secondary N) is 1. The highest BCUT2D eigenvalue weighted by Gasteiger charge is 2.44. The first kappa shape index (κ1) is 24.1. The second-order valence-electron chi connectivity index (χ2n) is 6.98. The monoisotopic (exact) mass is 482 g/mol. The van der Waals surface area contributed by atoms with E-state index in [2.05, 4.69) is 4.74 Å². The predicted molar refractivity (Wildman–Crippen MR) is 103 cm³/mol. The van der Waals surface area contributed by atoms with Crippen LogP contribution in [0.3, 0.4) is 0 Å². The van der Waals surface area contributed by atoms with E-state index in [1.807, 2.05) is 5.32 Å². The molecule has 0 unspecified atom stereocenters. The van der Waals surface area contributed by atoms with Gasteiger partial charge in [0.2, 0.25) is 6.10 Å². The van der Waals surface area contributed by atoms with E-state index in [1.165, 1.54) is 17.0 Å². The minimum Gasteiger partial charge on any atom is -0.435 e. The summed E-state index contributed by atoms with van der Waals surface area (Å²) in [4.78, 5) is 13.3. The molecule has 1 amide bonds. The number of anilines is 1. The van der Waals surface area contributed by atoms with Gasteiger partial charge in [0.05, 0.1) is 17.7 Å². The number of carbonyl (C=O) groups excluding carboxylic acids is 1. The van der Waals surface area contributed by atoms with E-state index in [1.54, 1.807) is 0 Å². The van der Waals surface area contributed by atoms with Gasteiger partial charge in [0.1, 0.15) is 5.82 Å². The van der Waals surface area contributed by atoms with E-state index >= 15 is 0 Å². The number of alkyl halides is 3. The molecule has 5 nitrogen and oxygen atoms in total. The topological polar surface area (TPSA) is 50.8 Å². The highest BCUT2D eigenvalue weighted by molar-refractivity contribution is 6.30. The number of rotatable bonds is 5. The zero-order valence-electron chi connectivity index (χ0n) is 16.3. The van der Waals surface area contributed by atoms with Crippen molar-refractivity contribution in [1.29, 1.82) is 0 Å². The average Bonchev–Trinajstić information content (AvgIpc) is 2.72. The van der Waals surface area contributed by atoms with Crippen LogP contribution in [0.15, 0.2) is 36.4 Å². The van der Waals surface area contributed by atoms with Crippen LogP contribution >= 0.6 is 11.6 Å². The van der Waals surface area contributed by atoms with Gasteiger partial charge in [-0.05, 0) is 35.9 Å². The van der Waals surface area contributed by atoms with Gasteiger partial charge in [-0.25, -0.2) is 18.0 Å². The zero-order valence-corrected chi connectivity index (χ0v) is 17.0. The SMILES string of the molecule is O=C(Nc1ccc(Cl)c(F)c1)O[C@@H](CN1CCO[C@H](c2ccc(F)c(F)c2)C1)C(F)(F)F. The molecule has 1 fully saturated rings. The molecular weight excluding hydrogens is 466 g/mol. The Labute approximate surface area is 183 Å². The lowest BCUT2D eigenvalue weighted by molar-refractivity contribution is -0.209. The van der Waals surface area contributed by atoms with Crippen LogP contribution in [0, 0.1) is 17.5 Å². The Hall–Kier alpha value is -2.50. The number of carbonyl (C=O) groups is 1. The van der Waals surface area contributed by atoms with E-state index in [0.29, 0.717) is 0 Å². The van der Waals surface area contributed by atoms with Crippen molar-refractivity contribution in [2.45, 2.75) is 18.4 Å². The zero-order chi connectivity index (χ0) is 23.5. The van der Waals surface area contributed by atoms with E-state index < -0.39 is 48.5 Å². The summed E-state index contributed by atoms with van der Waals surface area (Å²) in [7, 11) is 0. The molecule has 0 radical (unpaired) electrons. The van der Waals surface area contributed by atoms with Crippen molar-refractivity contribution < 1.29 is 40.6 Å². The largest absolute Gasteiger partial charge is 0.435 e. The maximum absolute atomic E-state index is 13.5. The molecule has 2 aromatic carbocycles. The molecule has 1 heterocycles. The van der Waals surface area contributed by atoms with E-state index in [4.69, 9.17) is 16.3 Å². The molecule has 0 spiro atoms. The fourth-order valence-corrected chi connectivity index (χ4v) is 3.19. The minimum absolute atomic E-state index is 0.0322. The van der Waals surface area contributed by atoms with Crippen LogP contribution in [-0.2, 0) is 9.47 Å². The fraction of sp³-hybridized carbons (Fsp3) is 0.350. The van der Waals surface area contributed by atoms with Crippen molar-refractivity contribution in [3.05, 3.63) is 64.4 Å². The molecule has 1 saturated heterocycles. The summed E-state index contributed by atoms with van der Waals surface area (Å²) in [5.74, 6) is -3.03. The summed E-state index contributed by atoms with van der Waals surface area (Å²) in [6.07, 6.45) is -9.61. The van der Waals surface area contributed by atoms with Crippen molar-refractivity contribution in [1.82, 2.24) is 4.90 Å². The molecular formula is C20H17ClF6N2O3. The molecule has 32 heavy (non-hydrogen) atoms. The molecule has 1 aliphatic heterocycles. The molecule has 3 rings (SSSR count). The van der Waals surface area contributed by atoms with Crippen LogP contribution in [0.25, 0.3) is 0 Å². The Morgan fingerprint density at radius 1 is 1.16 bits per heavy atom. The lowest BCUT2D eigenvalue weighted by Crippen LogP contribution is -2.48. The number of morpholine rings is 1. The van der Waals surface area contributed by atoms with Crippen molar-refractivity contribution >= 4 is 23.4 Å². The van der Waals surface area contributed by atoms with Crippen LogP contribution in [0.5, 0.6) is 0 Å². The molecule has 0 saturated carbocycles. The number of hydrogen-bond acceptors (Lipinski definition) is 4. The van der Waals surface area contributed by atoms with Gasteiger partial charge >= 0.3 is 12.3 Å². The second kappa shape index (κ2) is 9.97. The third kappa shape index (κ3) is 6.27. The quantitative estimate of drug-likeness (QED) is 0.587. The van der Waals surface area contributed by atoms with E-state index in [9.17, 15) is 31.1 Å². The summed E-state index contributed by atoms with van der Waals surface area (Å²) in [5.41, 5.74) is 0.128. The van der Waals surface area contributed by atoms with Crippen molar-refractivity contribution in [3.63, 3.8) is 0 Å². The standard InChI is InChI=1S/C20H17ClF6N2O3/c21-13-3-2-12(8-15(13)23)28-19(30)32-18(20(25,26)27)10-29-5-6-31-17(9-29)11-1-4-14(22)16(24)7-11/h1-4,7-8,17-18H,5-6,9-10H2,(H,28,30)/t17-,18-/m0/s1. The van der Waals surface area contributed by atoms with Crippen LogP contribution in [0.1, 0.15) is 11.7 Å². The lowest BCUT2D eigenvalue weighted by Gasteiger charge is -2.35. The van der Waals surface area contributed by atoms with Gasteiger partial charge in [0.25, 0.3) is 0 Å². The molecule has 174 valence electrons. The van der Waals surface area contributed by atoms with E-state index in [0.717, 1.165) is 24.3 Å². The highest BCUT2D eigenvalue weighted by Crippen LogP contribution is 2.28. The van der Waals surface area contributed by atoms with Gasteiger partial charge in [0.15, 0.2) is 11.6 Å². The van der Waals surface area contributed by atoms with Crippen LogP contribution in [0.2, 0.25) is 5.02 Å². The molecule has 2 atom stereocenters. The maximum atomic E-state index is 13.5. The molecule has 0 bridgehead atoms. The van der Waals surface area contributed by atoms with Crippen molar-refractivity contribution in [2.24, 2.45) is 0 Å². The van der Waals surface area contributed by atoms with Crippen molar-refractivity contribution in [2.75, 3.05) is 31.6 Å². The number of benzene rings is 2. The number of ether oxygens (including phenoxy) is 2. The molecule has 1 N–H and O–H groups in total. The molecule has 12 heteroatoms. The number of amides is 1. The van der Waals surface area contributed by atoms with Crippen LogP contribution < -0.4 is 5.32 Å². The van der Waals surface area contributed by atoms with Gasteiger partial charge < -0.3 is 9.47 Å². The Bertz CT molecular complexity index is 975. The Morgan fingerprint density at radius 3 is 2.56 bits per heavy atom. The summed E-state index contributed by atoms with van der Waals surface area (Å²) >= 11 is 5.52. The third-order valence-electron chi connectivity index (χ3n) is 4.67. The van der Waals surface area contributed by atoms with E-state index in [-0.39, 0.29) is 36.0 Å². The molecule has 0 aliphatic carbocycles. The average molecular weight is 483 g/mol. The first-order valence-electron chi connectivity index (χ1n) is 9.31. The van der Waals surface area contributed by atoms with Crippen molar-refractivity contribution in [3.8, 4) is 0 Å². The molecule has 0 aromatic heterocycles. The molecule has 1 aliphatic rings. The first-order valence-corrected chi connectivity index (χ1v) is 9.69. The Kier molecular flexibility index (Phi) is 7.52. The van der Waals surface area contributed by atoms with Gasteiger partial charge in [-0.1, -0.05) is 17.7 Å². The fourth-order valence-electron chi connectivity index (χ4n) is 3.08. The predicted octanol–water partition coefficient (Wildman–Crippen LogP) is 5.31. The second-order valence-corrected chi connectivity index (χ2v) is 7.39. The Balaban J connectivity index is 1.65. The van der Waals surface area contributed by atoms with Gasteiger partial charge in [0, 0.05) is 25.3 Å². The smallest absolute Gasteiger partial charge is 0.426 e. The van der Waals surface area contributed by atoms with Gasteiger partial charge in [-0.2, -0.15) is 13.2 Å². The van der Waals surface area contributed by atoms with Gasteiger partial charge in [-0.3, -0.25) is 10.2 Å².